The molecule has 0 bridgehead atoms. The monoisotopic (exact) mass is 354 g/mol. The molecule has 4 heteroatoms. The minimum absolute atomic E-state index is 0.131. The van der Waals surface area contributed by atoms with Gasteiger partial charge in [-0.05, 0) is 42.5 Å². The van der Waals surface area contributed by atoms with Crippen molar-refractivity contribution in [2.75, 3.05) is 20.3 Å². The maximum atomic E-state index is 8.78. The molecule has 1 heterocycles. The third-order valence-electron chi connectivity index (χ3n) is 3.78. The summed E-state index contributed by atoms with van der Waals surface area (Å²) >= 11 is 0. The lowest BCUT2D eigenvalue weighted by Gasteiger charge is -2.05. The first-order valence-corrected chi connectivity index (χ1v) is 8.83. The van der Waals surface area contributed by atoms with Gasteiger partial charge in [-0.25, -0.2) is 0 Å². The molecule has 0 spiro atoms. The zero-order chi connectivity index (χ0) is 18.9. The fraction of sp³-hybridized carbons (Fsp3) is 0.273. The van der Waals surface area contributed by atoms with Crippen LogP contribution < -0.4 is 9.47 Å². The number of fused-ring (bicyclic) bond motifs is 1. The molecule has 0 fully saturated rings. The molecule has 2 aromatic carbocycles. The van der Waals surface area contributed by atoms with Gasteiger partial charge in [-0.1, -0.05) is 26.5 Å². The molecule has 4 nitrogen and oxygen atoms in total. The molecule has 3 rings (SSSR count). The van der Waals surface area contributed by atoms with Crippen LogP contribution in [0.2, 0.25) is 0 Å². The van der Waals surface area contributed by atoms with Crippen LogP contribution in [-0.2, 0) is 0 Å². The third kappa shape index (κ3) is 4.46. The fourth-order valence-corrected chi connectivity index (χ4v) is 2.53. The van der Waals surface area contributed by atoms with E-state index in [1.807, 2.05) is 56.3 Å². The molecule has 0 aliphatic carbocycles. The molecule has 1 aromatic heterocycles. The smallest absolute Gasteiger partial charge is 0.142 e. The van der Waals surface area contributed by atoms with Gasteiger partial charge in [0.2, 0.25) is 0 Å². The molecule has 0 aliphatic rings. The quantitative estimate of drug-likeness (QED) is 0.566. The molecule has 0 unspecified atom stereocenters. The maximum absolute atomic E-state index is 8.78. The number of furan rings is 1. The number of hydrogen-bond donors (Lipinski definition) is 1. The summed E-state index contributed by atoms with van der Waals surface area (Å²) in [5, 5.41) is 9.75. The van der Waals surface area contributed by atoms with Crippen LogP contribution in [0.4, 0.5) is 0 Å². The normalized spacial score (nSPS) is 10.2. The molecule has 0 amide bonds. The number of ether oxygens (including phenoxy) is 2. The van der Waals surface area contributed by atoms with Crippen molar-refractivity contribution in [1.82, 2.24) is 0 Å². The van der Waals surface area contributed by atoms with E-state index >= 15 is 0 Å². The van der Waals surface area contributed by atoms with Gasteiger partial charge in [0.25, 0.3) is 0 Å². The highest BCUT2D eigenvalue weighted by Gasteiger charge is 2.11. The van der Waals surface area contributed by atoms with Gasteiger partial charge in [0.15, 0.2) is 0 Å². The highest BCUT2D eigenvalue weighted by molar-refractivity contribution is 5.90. The minimum Gasteiger partial charge on any atom is -0.497 e. The summed E-state index contributed by atoms with van der Waals surface area (Å²) in [5.74, 6) is 2.33. The molecule has 0 atom stereocenters. The Morgan fingerprint density at radius 2 is 1.81 bits per heavy atom. The van der Waals surface area contributed by atoms with E-state index in [1.54, 1.807) is 13.2 Å². The average molecular weight is 354 g/mol. The minimum atomic E-state index is 0.131. The molecule has 0 saturated heterocycles. The van der Waals surface area contributed by atoms with Crippen molar-refractivity contribution >= 4 is 17.0 Å². The Kier molecular flexibility index (Phi) is 7.30. The Balaban J connectivity index is 0.00000117. The summed E-state index contributed by atoms with van der Waals surface area (Å²) in [4.78, 5) is 0. The molecular formula is C22H26O4. The zero-order valence-electron chi connectivity index (χ0n) is 15.6. The van der Waals surface area contributed by atoms with Crippen molar-refractivity contribution in [3.63, 3.8) is 0 Å². The summed E-state index contributed by atoms with van der Waals surface area (Å²) in [6.07, 6.45) is 2.38. The van der Waals surface area contributed by atoms with Crippen LogP contribution in [-0.4, -0.2) is 25.4 Å². The first-order valence-electron chi connectivity index (χ1n) is 8.83. The molecule has 138 valence electrons. The maximum Gasteiger partial charge on any atom is 0.142 e. The number of methoxy groups -OCH3 is 1. The van der Waals surface area contributed by atoms with E-state index in [-0.39, 0.29) is 6.61 Å². The van der Waals surface area contributed by atoms with Crippen molar-refractivity contribution in [2.24, 2.45) is 0 Å². The first kappa shape index (κ1) is 19.6. The van der Waals surface area contributed by atoms with Crippen molar-refractivity contribution in [3.8, 4) is 22.8 Å². The van der Waals surface area contributed by atoms with Gasteiger partial charge in [-0.2, -0.15) is 0 Å². The Bertz CT molecular complexity index is 831. The topological polar surface area (TPSA) is 51.8 Å². The van der Waals surface area contributed by atoms with Gasteiger partial charge in [-0.15, -0.1) is 0 Å². The summed E-state index contributed by atoms with van der Waals surface area (Å²) in [5.41, 5.74) is 2.67. The number of aliphatic hydroxyl groups excluding tert-OH is 1. The van der Waals surface area contributed by atoms with Crippen LogP contribution in [0.15, 0.2) is 53.5 Å². The number of benzene rings is 2. The molecule has 0 aliphatic heterocycles. The van der Waals surface area contributed by atoms with Crippen molar-refractivity contribution < 1.29 is 19.0 Å². The number of aliphatic hydroxyl groups is 1. The van der Waals surface area contributed by atoms with Crippen LogP contribution in [0.3, 0.4) is 0 Å². The average Bonchev–Trinajstić information content (AvgIpc) is 3.13. The summed E-state index contributed by atoms with van der Waals surface area (Å²) < 4.78 is 16.9. The fourth-order valence-electron chi connectivity index (χ4n) is 2.53. The van der Waals surface area contributed by atoms with Gasteiger partial charge in [0.05, 0.1) is 13.7 Å². The lowest BCUT2D eigenvalue weighted by molar-refractivity contribution is 0.233. The number of hydrogen-bond acceptors (Lipinski definition) is 4. The van der Waals surface area contributed by atoms with Crippen molar-refractivity contribution in [1.29, 1.82) is 0 Å². The highest BCUT2D eigenvalue weighted by Crippen LogP contribution is 2.34. The van der Waals surface area contributed by atoms with E-state index in [4.69, 9.17) is 19.0 Å². The lowest BCUT2D eigenvalue weighted by atomic mass is 10.1. The van der Waals surface area contributed by atoms with Gasteiger partial charge in [0.1, 0.15) is 22.8 Å². The predicted octanol–water partition coefficient (Wildman–Crippen LogP) is 5.54. The predicted molar refractivity (Wildman–Crippen MR) is 107 cm³/mol. The molecule has 0 radical (unpaired) electrons. The molecule has 0 saturated carbocycles. The van der Waals surface area contributed by atoms with Crippen LogP contribution >= 0.6 is 0 Å². The van der Waals surface area contributed by atoms with Gasteiger partial charge >= 0.3 is 0 Å². The lowest BCUT2D eigenvalue weighted by Crippen LogP contribution is -1.99. The standard InChI is InChI=1S/C20H20O4.C2H6/c1-3-14-11-18(22-2)12-16-13-19(24-20(14)16)15-5-7-17(8-6-15)23-10-4-9-21;1-2/h3,5-8,11-13,21H,1,4,9-10H2,2H3;1-2H3. The Hall–Kier alpha value is -2.72. The Morgan fingerprint density at radius 3 is 2.42 bits per heavy atom. The van der Waals surface area contributed by atoms with Crippen molar-refractivity contribution in [3.05, 3.63) is 54.6 Å². The Labute approximate surface area is 154 Å². The SMILES string of the molecule is C=Cc1cc(OC)cc2cc(-c3ccc(OCCCO)cc3)oc12.CC. The summed E-state index contributed by atoms with van der Waals surface area (Å²) in [6.45, 7) is 8.47. The van der Waals surface area contributed by atoms with E-state index in [9.17, 15) is 0 Å². The van der Waals surface area contributed by atoms with E-state index in [1.165, 1.54) is 0 Å². The van der Waals surface area contributed by atoms with E-state index in [0.29, 0.717) is 13.0 Å². The van der Waals surface area contributed by atoms with E-state index in [2.05, 4.69) is 6.58 Å². The van der Waals surface area contributed by atoms with Gasteiger partial charge < -0.3 is 19.0 Å². The number of rotatable bonds is 7. The van der Waals surface area contributed by atoms with Crippen LogP contribution in [0, 0.1) is 0 Å². The van der Waals surface area contributed by atoms with Crippen molar-refractivity contribution in [2.45, 2.75) is 20.3 Å². The Morgan fingerprint density at radius 1 is 1.08 bits per heavy atom. The third-order valence-corrected chi connectivity index (χ3v) is 3.78. The second-order valence-electron chi connectivity index (χ2n) is 5.40. The first-order chi connectivity index (χ1) is 12.7. The van der Waals surface area contributed by atoms with E-state index < -0.39 is 0 Å². The largest absolute Gasteiger partial charge is 0.497 e. The van der Waals surface area contributed by atoms with Crippen LogP contribution in [0.25, 0.3) is 28.4 Å². The molecular weight excluding hydrogens is 328 g/mol. The molecule has 26 heavy (non-hydrogen) atoms. The zero-order valence-corrected chi connectivity index (χ0v) is 15.6. The summed E-state index contributed by atoms with van der Waals surface area (Å²) in [6, 6.07) is 13.5. The van der Waals surface area contributed by atoms with Gasteiger partial charge in [-0.3, -0.25) is 0 Å². The summed E-state index contributed by atoms with van der Waals surface area (Å²) in [7, 11) is 1.64. The highest BCUT2D eigenvalue weighted by atomic mass is 16.5. The second-order valence-corrected chi connectivity index (χ2v) is 5.40. The van der Waals surface area contributed by atoms with Crippen LogP contribution in [0.5, 0.6) is 11.5 Å². The van der Waals surface area contributed by atoms with Gasteiger partial charge in [0, 0.05) is 29.5 Å². The molecule has 3 aromatic rings. The van der Waals surface area contributed by atoms with Crippen LogP contribution in [0.1, 0.15) is 25.8 Å². The second kappa shape index (κ2) is 9.68. The van der Waals surface area contributed by atoms with E-state index in [0.717, 1.165) is 39.4 Å². The molecule has 1 N–H and O–H groups in total.